The van der Waals surface area contributed by atoms with E-state index in [0.717, 1.165) is 27.8 Å². The van der Waals surface area contributed by atoms with Crippen LogP contribution in [0.5, 0.6) is 0 Å². The van der Waals surface area contributed by atoms with Gasteiger partial charge in [0.1, 0.15) is 0 Å². The molecule has 4 rings (SSSR count). The zero-order valence-corrected chi connectivity index (χ0v) is 15.1. The molecule has 0 N–H and O–H groups in total. The van der Waals surface area contributed by atoms with Crippen LogP contribution in [-0.4, -0.2) is 15.0 Å². The van der Waals surface area contributed by atoms with E-state index >= 15 is 0 Å². The van der Waals surface area contributed by atoms with Crippen molar-refractivity contribution in [2.24, 2.45) is 0 Å². The molecule has 5 heteroatoms. The van der Waals surface area contributed by atoms with E-state index in [-0.39, 0.29) is 10.6 Å². The zero-order chi connectivity index (χ0) is 17.9. The van der Waals surface area contributed by atoms with Crippen LogP contribution in [0.15, 0.2) is 78.9 Å². The fourth-order valence-electron chi connectivity index (χ4n) is 2.95. The summed E-state index contributed by atoms with van der Waals surface area (Å²) in [6.45, 7) is 0. The molecule has 3 nitrogen and oxygen atoms in total. The van der Waals surface area contributed by atoms with E-state index in [1.54, 1.807) is 0 Å². The van der Waals surface area contributed by atoms with Crippen LogP contribution in [-0.2, 0) is 0 Å². The van der Waals surface area contributed by atoms with Crippen molar-refractivity contribution in [3.63, 3.8) is 0 Å². The van der Waals surface area contributed by atoms with Gasteiger partial charge >= 0.3 is 0 Å². The minimum atomic E-state index is 0.0712. The summed E-state index contributed by atoms with van der Waals surface area (Å²) in [6, 6.07) is 26.3. The summed E-state index contributed by atoms with van der Waals surface area (Å²) in [6.07, 6.45) is 0. The predicted molar refractivity (Wildman–Crippen MR) is 106 cm³/mol. The highest BCUT2D eigenvalue weighted by Gasteiger charge is 2.17. The van der Waals surface area contributed by atoms with Gasteiger partial charge in [0, 0.05) is 5.56 Å². The van der Waals surface area contributed by atoms with Gasteiger partial charge in [-0.3, -0.25) is 0 Å². The van der Waals surface area contributed by atoms with Crippen LogP contribution in [0.4, 0.5) is 0 Å². The third-order valence-corrected chi connectivity index (χ3v) is 4.38. The second-order valence-corrected chi connectivity index (χ2v) is 6.33. The number of halogens is 2. The summed E-state index contributed by atoms with van der Waals surface area (Å²) in [5, 5.41) is 0.142. The second kappa shape index (κ2) is 7.24. The highest BCUT2D eigenvalue weighted by atomic mass is 35.5. The Balaban J connectivity index is 2.05. The van der Waals surface area contributed by atoms with Gasteiger partial charge in [-0.15, -0.1) is 0 Å². The maximum absolute atomic E-state index is 6.05. The Morgan fingerprint density at radius 2 is 0.962 bits per heavy atom. The van der Waals surface area contributed by atoms with Crippen molar-refractivity contribution in [3.8, 4) is 33.6 Å². The summed E-state index contributed by atoms with van der Waals surface area (Å²) >= 11 is 12.1. The third-order valence-electron chi connectivity index (χ3n) is 4.04. The molecule has 0 bridgehead atoms. The molecule has 0 saturated heterocycles. The lowest BCUT2D eigenvalue weighted by atomic mass is 9.91. The van der Waals surface area contributed by atoms with E-state index in [1.165, 1.54) is 0 Å². The third kappa shape index (κ3) is 3.32. The van der Waals surface area contributed by atoms with E-state index in [2.05, 4.69) is 39.2 Å². The van der Waals surface area contributed by atoms with Crippen molar-refractivity contribution in [1.82, 2.24) is 15.0 Å². The molecule has 0 spiro atoms. The van der Waals surface area contributed by atoms with Crippen molar-refractivity contribution in [3.05, 3.63) is 89.4 Å². The Hall–Kier alpha value is -2.75. The lowest BCUT2D eigenvalue weighted by molar-refractivity contribution is 1.06. The molecule has 0 aliphatic heterocycles. The number of hydrogen-bond donors (Lipinski definition) is 0. The minimum Gasteiger partial charge on any atom is -0.198 e. The molecule has 1 heterocycles. The Kier molecular flexibility index (Phi) is 4.65. The van der Waals surface area contributed by atoms with Gasteiger partial charge in [-0.25, -0.2) is 0 Å². The SMILES string of the molecule is Clc1nc(Cl)nc(-c2c(-c3ccccc3)cccc2-c2ccccc2)n1. The molecule has 3 aromatic carbocycles. The van der Waals surface area contributed by atoms with Gasteiger partial charge in [0.2, 0.25) is 10.6 Å². The van der Waals surface area contributed by atoms with Crippen LogP contribution >= 0.6 is 23.2 Å². The quantitative estimate of drug-likeness (QED) is 0.427. The maximum atomic E-state index is 6.05. The van der Waals surface area contributed by atoms with E-state index in [0.29, 0.717) is 5.82 Å². The molecule has 0 radical (unpaired) electrons. The highest BCUT2D eigenvalue weighted by Crippen LogP contribution is 2.38. The predicted octanol–water partition coefficient (Wildman–Crippen LogP) is 6.18. The molecule has 26 heavy (non-hydrogen) atoms. The first-order chi connectivity index (χ1) is 12.7. The highest BCUT2D eigenvalue weighted by molar-refractivity contribution is 6.31. The summed E-state index contributed by atoms with van der Waals surface area (Å²) in [5.74, 6) is 0.452. The average Bonchev–Trinajstić information content (AvgIpc) is 2.68. The number of hydrogen-bond acceptors (Lipinski definition) is 3. The lowest BCUT2D eigenvalue weighted by Gasteiger charge is -2.15. The van der Waals surface area contributed by atoms with Gasteiger partial charge in [0.15, 0.2) is 5.82 Å². The summed E-state index contributed by atoms with van der Waals surface area (Å²) in [7, 11) is 0. The van der Waals surface area contributed by atoms with E-state index in [9.17, 15) is 0 Å². The minimum absolute atomic E-state index is 0.0712. The van der Waals surface area contributed by atoms with Crippen LogP contribution in [0.1, 0.15) is 0 Å². The fourth-order valence-corrected chi connectivity index (χ4v) is 3.31. The summed E-state index contributed by atoms with van der Waals surface area (Å²) in [5.41, 5.74) is 5.01. The first-order valence-electron chi connectivity index (χ1n) is 8.03. The Labute approximate surface area is 161 Å². The normalized spacial score (nSPS) is 10.7. The Bertz CT molecular complexity index is 973. The van der Waals surface area contributed by atoms with Crippen molar-refractivity contribution in [2.75, 3.05) is 0 Å². The van der Waals surface area contributed by atoms with Crippen molar-refractivity contribution >= 4 is 23.2 Å². The topological polar surface area (TPSA) is 38.7 Å². The molecule has 0 saturated carbocycles. The molecule has 0 aliphatic carbocycles. The summed E-state index contributed by atoms with van der Waals surface area (Å²) in [4.78, 5) is 12.5. The smallest absolute Gasteiger partial charge is 0.198 e. The molecule has 0 unspecified atom stereocenters. The van der Waals surface area contributed by atoms with Crippen molar-refractivity contribution in [1.29, 1.82) is 0 Å². The van der Waals surface area contributed by atoms with Gasteiger partial charge in [0.25, 0.3) is 0 Å². The standard InChI is InChI=1S/C21H13Cl2N3/c22-20-24-19(25-21(23)26-20)18-16(14-8-3-1-4-9-14)12-7-13-17(18)15-10-5-2-6-11-15/h1-13H. The van der Waals surface area contributed by atoms with E-state index in [1.807, 2.05) is 54.6 Å². The number of aromatic nitrogens is 3. The van der Waals surface area contributed by atoms with E-state index in [4.69, 9.17) is 23.2 Å². The Morgan fingerprint density at radius 1 is 0.500 bits per heavy atom. The second-order valence-electron chi connectivity index (χ2n) is 5.66. The van der Waals surface area contributed by atoms with Gasteiger partial charge in [-0.05, 0) is 45.5 Å². The van der Waals surface area contributed by atoms with Crippen LogP contribution in [0, 0.1) is 0 Å². The van der Waals surface area contributed by atoms with Gasteiger partial charge in [-0.1, -0.05) is 78.9 Å². The van der Waals surface area contributed by atoms with Crippen LogP contribution < -0.4 is 0 Å². The average molecular weight is 378 g/mol. The molecule has 4 aromatic rings. The van der Waals surface area contributed by atoms with E-state index < -0.39 is 0 Å². The zero-order valence-electron chi connectivity index (χ0n) is 13.6. The molecule has 0 fully saturated rings. The largest absolute Gasteiger partial charge is 0.227 e. The lowest BCUT2D eigenvalue weighted by Crippen LogP contribution is -1.98. The number of rotatable bonds is 3. The monoisotopic (exact) mass is 377 g/mol. The fraction of sp³-hybridized carbons (Fsp3) is 0. The molecule has 0 atom stereocenters. The van der Waals surface area contributed by atoms with Crippen LogP contribution in [0.2, 0.25) is 10.6 Å². The van der Waals surface area contributed by atoms with Gasteiger partial charge in [-0.2, -0.15) is 15.0 Å². The molecular formula is C21H13Cl2N3. The molecule has 1 aromatic heterocycles. The van der Waals surface area contributed by atoms with Gasteiger partial charge < -0.3 is 0 Å². The molecule has 126 valence electrons. The van der Waals surface area contributed by atoms with Crippen molar-refractivity contribution < 1.29 is 0 Å². The number of nitrogens with zero attached hydrogens (tertiary/aromatic N) is 3. The molecule has 0 aliphatic rings. The number of benzene rings is 3. The van der Waals surface area contributed by atoms with Gasteiger partial charge in [0.05, 0.1) is 0 Å². The van der Waals surface area contributed by atoms with Crippen LogP contribution in [0.3, 0.4) is 0 Å². The van der Waals surface area contributed by atoms with Crippen LogP contribution in [0.25, 0.3) is 33.6 Å². The van der Waals surface area contributed by atoms with Crippen molar-refractivity contribution in [2.45, 2.75) is 0 Å². The summed E-state index contributed by atoms with van der Waals surface area (Å²) < 4.78 is 0. The maximum Gasteiger partial charge on any atom is 0.227 e. The molecular weight excluding hydrogens is 365 g/mol. The molecule has 0 amide bonds. The Morgan fingerprint density at radius 3 is 1.42 bits per heavy atom. The first kappa shape index (κ1) is 16.7. The first-order valence-corrected chi connectivity index (χ1v) is 8.79.